The van der Waals surface area contributed by atoms with Crippen LogP contribution < -0.4 is 0 Å². The van der Waals surface area contributed by atoms with Crippen LogP contribution in [-0.2, 0) is 20.8 Å². The van der Waals surface area contributed by atoms with Crippen molar-refractivity contribution in [1.82, 2.24) is 9.96 Å². The van der Waals surface area contributed by atoms with Gasteiger partial charge in [-0.2, -0.15) is 0 Å². The van der Waals surface area contributed by atoms with E-state index < -0.39 is 17.7 Å². The Bertz CT molecular complexity index is 731. The molecule has 0 N–H and O–H groups in total. The lowest BCUT2D eigenvalue weighted by Gasteiger charge is -2.40. The van der Waals surface area contributed by atoms with Crippen molar-refractivity contribution in [2.24, 2.45) is 0 Å². The Morgan fingerprint density at radius 1 is 0.909 bits per heavy atom. The number of likely N-dealkylation sites (N-methyl/N-ethyl adjacent to an activating group) is 1. The Kier molecular flexibility index (Phi) is 9.19. The summed E-state index contributed by atoms with van der Waals surface area (Å²) in [6, 6.07) is 9.58. The monoisotopic (exact) mass is 458 g/mol. The molecule has 1 aromatic rings. The fourth-order valence-corrected chi connectivity index (χ4v) is 4.96. The van der Waals surface area contributed by atoms with Crippen LogP contribution >= 0.6 is 0 Å². The van der Waals surface area contributed by atoms with Crippen LogP contribution in [0.4, 0.5) is 4.79 Å². The number of nitrogens with zero attached hydrogens (tertiary/aromatic N) is 2. The average molecular weight is 459 g/mol. The van der Waals surface area contributed by atoms with Gasteiger partial charge < -0.3 is 9.57 Å². The lowest BCUT2D eigenvalue weighted by atomic mass is 9.90. The quantitative estimate of drug-likeness (QED) is 0.477. The third kappa shape index (κ3) is 7.73. The fraction of sp³-hybridized carbons (Fsp3) is 0.704. The summed E-state index contributed by atoms with van der Waals surface area (Å²) in [5.74, 6) is -0.372. The highest BCUT2D eigenvalue weighted by Crippen LogP contribution is 2.31. The summed E-state index contributed by atoms with van der Waals surface area (Å²) in [5.41, 5.74) is 0.347. The van der Waals surface area contributed by atoms with E-state index in [1.54, 1.807) is 7.05 Å². The van der Waals surface area contributed by atoms with Gasteiger partial charge in [0.1, 0.15) is 11.6 Å². The third-order valence-electron chi connectivity index (χ3n) is 6.76. The van der Waals surface area contributed by atoms with Gasteiger partial charge in [0.05, 0.1) is 0 Å². The molecule has 0 saturated heterocycles. The van der Waals surface area contributed by atoms with Crippen LogP contribution in [0.25, 0.3) is 0 Å². The maximum atomic E-state index is 13.6. The topological polar surface area (TPSA) is 59.1 Å². The van der Waals surface area contributed by atoms with E-state index >= 15 is 0 Å². The van der Waals surface area contributed by atoms with Gasteiger partial charge in [-0.1, -0.05) is 68.9 Å². The van der Waals surface area contributed by atoms with E-state index in [4.69, 9.17) is 9.57 Å². The molecule has 0 unspecified atom stereocenters. The van der Waals surface area contributed by atoms with Crippen LogP contribution in [0.3, 0.4) is 0 Å². The molecule has 1 atom stereocenters. The zero-order valence-corrected chi connectivity index (χ0v) is 20.9. The minimum Gasteiger partial charge on any atom is -0.444 e. The Hall–Kier alpha value is -2.08. The first kappa shape index (κ1) is 25.5. The average Bonchev–Trinajstić information content (AvgIpc) is 2.81. The van der Waals surface area contributed by atoms with E-state index in [1.807, 2.05) is 56.2 Å². The third-order valence-corrected chi connectivity index (χ3v) is 6.76. The molecule has 2 saturated carbocycles. The zero-order valence-electron chi connectivity index (χ0n) is 20.9. The molecule has 0 spiro atoms. The van der Waals surface area contributed by atoms with Crippen molar-refractivity contribution in [3.63, 3.8) is 0 Å². The molecule has 0 heterocycles. The van der Waals surface area contributed by atoms with Gasteiger partial charge in [0.25, 0.3) is 0 Å². The largest absolute Gasteiger partial charge is 0.444 e. The van der Waals surface area contributed by atoms with Crippen LogP contribution in [-0.4, -0.2) is 52.8 Å². The summed E-state index contributed by atoms with van der Waals surface area (Å²) in [6.45, 7) is 5.49. The van der Waals surface area contributed by atoms with Crippen LogP contribution in [0.2, 0.25) is 0 Å². The smallest absolute Gasteiger partial charge is 0.410 e. The lowest BCUT2D eigenvalue weighted by Crippen LogP contribution is -2.52. The molecule has 33 heavy (non-hydrogen) atoms. The van der Waals surface area contributed by atoms with E-state index in [0.717, 1.165) is 31.2 Å². The number of benzene rings is 1. The van der Waals surface area contributed by atoms with Crippen molar-refractivity contribution in [2.75, 3.05) is 7.05 Å². The number of amides is 1. The van der Waals surface area contributed by atoms with Crippen LogP contribution in [0.5, 0.6) is 0 Å². The minimum absolute atomic E-state index is 0.273. The van der Waals surface area contributed by atoms with Gasteiger partial charge in [0.2, 0.25) is 0 Å². The molecule has 2 fully saturated rings. The van der Waals surface area contributed by atoms with E-state index in [-0.39, 0.29) is 18.1 Å². The van der Waals surface area contributed by atoms with Crippen molar-refractivity contribution in [2.45, 2.75) is 115 Å². The Labute approximate surface area is 199 Å². The van der Waals surface area contributed by atoms with Crippen molar-refractivity contribution in [3.05, 3.63) is 35.9 Å². The van der Waals surface area contributed by atoms with Gasteiger partial charge >= 0.3 is 12.1 Å². The Morgan fingerprint density at radius 3 is 1.91 bits per heavy atom. The van der Waals surface area contributed by atoms with E-state index in [0.29, 0.717) is 6.42 Å². The number of carbonyl (C=O) groups is 2. The number of ether oxygens (including phenoxy) is 1. The molecule has 2 aliphatic rings. The molecule has 184 valence electrons. The van der Waals surface area contributed by atoms with Crippen molar-refractivity contribution < 1.29 is 19.2 Å². The molecule has 0 aliphatic heterocycles. The predicted molar refractivity (Wildman–Crippen MR) is 130 cm³/mol. The Balaban J connectivity index is 1.80. The maximum absolute atomic E-state index is 13.6. The van der Waals surface area contributed by atoms with Gasteiger partial charge in [-0.15, -0.1) is 5.06 Å². The molecular formula is C27H42N2O4. The summed E-state index contributed by atoms with van der Waals surface area (Å²) in [5, 5.41) is 2.03. The van der Waals surface area contributed by atoms with Gasteiger partial charge in [-0.3, -0.25) is 4.90 Å². The molecule has 3 rings (SSSR count). The van der Waals surface area contributed by atoms with E-state index in [9.17, 15) is 9.59 Å². The van der Waals surface area contributed by atoms with Gasteiger partial charge in [0.15, 0.2) is 0 Å². The summed E-state index contributed by atoms with van der Waals surface area (Å²) < 4.78 is 5.57. The highest BCUT2D eigenvalue weighted by Gasteiger charge is 2.37. The molecule has 0 aromatic heterocycles. The molecule has 6 heteroatoms. The molecule has 1 aromatic carbocycles. The number of rotatable bonds is 7. The number of hydroxylamine groups is 2. The maximum Gasteiger partial charge on any atom is 0.410 e. The molecule has 0 bridgehead atoms. The molecular weight excluding hydrogens is 416 g/mol. The molecule has 6 nitrogen and oxygen atoms in total. The number of hydrogen-bond donors (Lipinski definition) is 0. The van der Waals surface area contributed by atoms with Gasteiger partial charge in [-0.05, 0) is 52.0 Å². The second kappa shape index (κ2) is 11.9. The predicted octanol–water partition coefficient (Wildman–Crippen LogP) is 5.89. The lowest BCUT2D eigenvalue weighted by molar-refractivity contribution is -0.227. The number of carbonyl (C=O) groups excluding carboxylic acids is 2. The van der Waals surface area contributed by atoms with Crippen molar-refractivity contribution in [1.29, 1.82) is 0 Å². The highest BCUT2D eigenvalue weighted by molar-refractivity contribution is 5.81. The first-order valence-corrected chi connectivity index (χ1v) is 12.7. The number of hydrogen-bond acceptors (Lipinski definition) is 5. The zero-order chi connectivity index (χ0) is 23.8. The van der Waals surface area contributed by atoms with Crippen LogP contribution in [0.15, 0.2) is 30.3 Å². The minimum atomic E-state index is -0.753. The first-order valence-electron chi connectivity index (χ1n) is 12.7. The highest BCUT2D eigenvalue weighted by atomic mass is 16.7. The van der Waals surface area contributed by atoms with Gasteiger partial charge in [-0.25, -0.2) is 9.59 Å². The van der Waals surface area contributed by atoms with E-state index in [2.05, 4.69) is 0 Å². The van der Waals surface area contributed by atoms with Crippen LogP contribution in [0.1, 0.15) is 90.5 Å². The summed E-state index contributed by atoms with van der Waals surface area (Å²) in [6.07, 6.45) is 11.3. The second-order valence-corrected chi connectivity index (χ2v) is 10.7. The molecule has 2 aliphatic carbocycles. The van der Waals surface area contributed by atoms with Crippen LogP contribution in [0, 0.1) is 0 Å². The van der Waals surface area contributed by atoms with Gasteiger partial charge in [0, 0.05) is 25.6 Å². The van der Waals surface area contributed by atoms with Crippen molar-refractivity contribution >= 4 is 12.1 Å². The van der Waals surface area contributed by atoms with E-state index in [1.165, 1.54) is 43.4 Å². The summed E-state index contributed by atoms with van der Waals surface area (Å²) in [7, 11) is 1.63. The van der Waals surface area contributed by atoms with Crippen molar-refractivity contribution in [3.8, 4) is 0 Å². The fourth-order valence-electron chi connectivity index (χ4n) is 4.96. The molecule has 1 amide bonds. The normalized spacial score (nSPS) is 19.2. The second-order valence-electron chi connectivity index (χ2n) is 10.7. The summed E-state index contributed by atoms with van der Waals surface area (Å²) in [4.78, 5) is 34.1. The summed E-state index contributed by atoms with van der Waals surface area (Å²) >= 11 is 0. The SMILES string of the molecule is CN(C(=O)OC(C)(C)C)[C@@H](Cc1ccccc1)C(=O)ON(C1CCCCC1)C1CCCCC1. The standard InChI is InChI=1S/C27H42N2O4/c1-27(2,3)32-26(31)28(4)24(20-21-14-8-5-9-15-21)25(30)33-29(22-16-10-6-11-17-22)23-18-12-7-13-19-23/h5,8-9,14-15,22-24H,6-7,10-13,16-20H2,1-4H3/t24-/m0/s1. The Morgan fingerprint density at radius 2 is 1.42 bits per heavy atom. The first-order chi connectivity index (χ1) is 15.7. The molecule has 0 radical (unpaired) electrons.